The largest absolute Gasteiger partial charge is 0.316 e. The molecular weight excluding hydrogens is 391 g/mol. The molecule has 0 amide bonds. The van der Waals surface area contributed by atoms with Gasteiger partial charge in [-0.1, -0.05) is 40.9 Å². The lowest BCUT2D eigenvalue weighted by Crippen LogP contribution is -2.21. The number of rotatable bonds is 4. The molecule has 8 heteroatoms. The predicted octanol–water partition coefficient (Wildman–Crippen LogP) is 4.86. The maximum Gasteiger partial charge on any atom is 0.204 e. The van der Waals surface area contributed by atoms with Gasteiger partial charge in [0.25, 0.3) is 0 Å². The molecule has 124 valence electrons. The van der Waals surface area contributed by atoms with E-state index in [0.29, 0.717) is 15.6 Å². The van der Waals surface area contributed by atoms with Crippen molar-refractivity contribution in [2.24, 2.45) is 0 Å². The highest BCUT2D eigenvalue weighted by molar-refractivity contribution is 7.91. The Bertz CT molecular complexity index is 955. The molecule has 0 saturated carbocycles. The van der Waals surface area contributed by atoms with Crippen LogP contribution < -0.4 is 0 Å². The monoisotopic (exact) mass is 400 g/mol. The molecule has 0 aliphatic carbocycles. The van der Waals surface area contributed by atoms with Gasteiger partial charge in [-0.05, 0) is 36.4 Å². The van der Waals surface area contributed by atoms with Gasteiger partial charge in [-0.25, -0.2) is 13.4 Å². The number of hydrogen-bond donors (Lipinski definition) is 0. The first-order valence-corrected chi connectivity index (χ1v) is 9.49. The molecule has 1 heterocycles. The van der Waals surface area contributed by atoms with Gasteiger partial charge in [-0.2, -0.15) is 0 Å². The fourth-order valence-corrected chi connectivity index (χ4v) is 4.81. The van der Waals surface area contributed by atoms with Crippen molar-refractivity contribution in [1.29, 1.82) is 0 Å². The molecule has 0 fully saturated rings. The van der Waals surface area contributed by atoms with Crippen LogP contribution in [0.3, 0.4) is 0 Å². The Morgan fingerprint density at radius 2 is 1.62 bits per heavy atom. The third-order valence-electron chi connectivity index (χ3n) is 3.46. The van der Waals surface area contributed by atoms with Crippen LogP contribution in [0.2, 0.25) is 15.1 Å². The molecule has 4 nitrogen and oxygen atoms in total. The first-order valence-electron chi connectivity index (χ1n) is 6.81. The Balaban J connectivity index is 2.20. The summed E-state index contributed by atoms with van der Waals surface area (Å²) < 4.78 is 27.9. The molecule has 2 aromatic carbocycles. The Morgan fingerprint density at radius 1 is 0.958 bits per heavy atom. The van der Waals surface area contributed by atoms with Crippen LogP contribution in [-0.4, -0.2) is 18.0 Å². The second-order valence-electron chi connectivity index (χ2n) is 5.03. The van der Waals surface area contributed by atoms with Crippen molar-refractivity contribution in [3.63, 3.8) is 0 Å². The minimum Gasteiger partial charge on any atom is -0.316 e. The van der Waals surface area contributed by atoms with E-state index in [9.17, 15) is 8.42 Å². The summed E-state index contributed by atoms with van der Waals surface area (Å²) in [5.41, 5.74) is 0.411. The van der Waals surface area contributed by atoms with Crippen LogP contribution in [0.5, 0.6) is 0 Å². The molecule has 0 N–H and O–H groups in total. The van der Waals surface area contributed by atoms with E-state index in [1.54, 1.807) is 18.3 Å². The molecule has 0 saturated heterocycles. The molecule has 0 radical (unpaired) electrons. The van der Waals surface area contributed by atoms with Crippen LogP contribution in [0.25, 0.3) is 0 Å². The van der Waals surface area contributed by atoms with Crippen molar-refractivity contribution in [1.82, 2.24) is 9.55 Å². The number of benzene rings is 2. The van der Waals surface area contributed by atoms with E-state index >= 15 is 0 Å². The number of nitrogens with zero attached hydrogens (tertiary/aromatic N) is 2. The number of sulfone groups is 1. The fourth-order valence-electron chi connectivity index (χ4n) is 2.35. The lowest BCUT2D eigenvalue weighted by atomic mass is 10.2. The minimum absolute atomic E-state index is 0.136. The SMILES string of the molecule is O=S(=O)(c1ccc(Cl)cc1)C(c1ccc(Cl)cc1Cl)n1ccnc1. The van der Waals surface area contributed by atoms with Gasteiger partial charge in [0.1, 0.15) is 0 Å². The van der Waals surface area contributed by atoms with Gasteiger partial charge >= 0.3 is 0 Å². The van der Waals surface area contributed by atoms with Gasteiger partial charge < -0.3 is 4.57 Å². The van der Waals surface area contributed by atoms with E-state index in [2.05, 4.69) is 4.98 Å². The van der Waals surface area contributed by atoms with Crippen LogP contribution in [0.15, 0.2) is 66.1 Å². The second kappa shape index (κ2) is 6.76. The number of hydrogen-bond acceptors (Lipinski definition) is 3. The molecule has 1 unspecified atom stereocenters. The smallest absolute Gasteiger partial charge is 0.204 e. The average Bonchev–Trinajstić information content (AvgIpc) is 3.04. The van der Waals surface area contributed by atoms with Crippen molar-refractivity contribution >= 4 is 44.6 Å². The predicted molar refractivity (Wildman–Crippen MR) is 95.5 cm³/mol. The molecule has 3 rings (SSSR count). The van der Waals surface area contributed by atoms with Crippen molar-refractivity contribution in [2.45, 2.75) is 10.3 Å². The molecular formula is C16H11Cl3N2O2S. The highest BCUT2D eigenvalue weighted by Gasteiger charge is 2.32. The van der Waals surface area contributed by atoms with Crippen molar-refractivity contribution in [2.75, 3.05) is 0 Å². The molecule has 0 spiro atoms. The van der Waals surface area contributed by atoms with Gasteiger partial charge in [0, 0.05) is 33.0 Å². The van der Waals surface area contributed by atoms with E-state index in [-0.39, 0.29) is 9.92 Å². The topological polar surface area (TPSA) is 52.0 Å². The van der Waals surface area contributed by atoms with E-state index < -0.39 is 15.2 Å². The average molecular weight is 402 g/mol. The van der Waals surface area contributed by atoms with Crippen molar-refractivity contribution in [3.05, 3.63) is 81.8 Å². The van der Waals surface area contributed by atoms with E-state index in [4.69, 9.17) is 34.8 Å². The highest BCUT2D eigenvalue weighted by Crippen LogP contribution is 2.35. The van der Waals surface area contributed by atoms with Gasteiger partial charge in [-0.3, -0.25) is 0 Å². The summed E-state index contributed by atoms with van der Waals surface area (Å²) in [6.07, 6.45) is 4.51. The highest BCUT2D eigenvalue weighted by atomic mass is 35.5. The van der Waals surface area contributed by atoms with Crippen LogP contribution in [0.4, 0.5) is 0 Å². The zero-order chi connectivity index (χ0) is 17.3. The van der Waals surface area contributed by atoms with Crippen LogP contribution in [-0.2, 0) is 9.84 Å². The number of aromatic nitrogens is 2. The Hall–Kier alpha value is -1.53. The van der Waals surface area contributed by atoms with Gasteiger partial charge in [-0.15, -0.1) is 0 Å². The van der Waals surface area contributed by atoms with E-state index in [1.165, 1.54) is 47.4 Å². The quantitative estimate of drug-likeness (QED) is 0.627. The minimum atomic E-state index is -3.79. The lowest BCUT2D eigenvalue weighted by molar-refractivity contribution is 0.568. The Morgan fingerprint density at radius 3 is 2.21 bits per heavy atom. The molecule has 3 aromatic rings. The molecule has 24 heavy (non-hydrogen) atoms. The van der Waals surface area contributed by atoms with E-state index in [1.807, 2.05) is 0 Å². The molecule has 1 atom stereocenters. The number of imidazole rings is 1. The maximum absolute atomic E-state index is 13.2. The normalized spacial score (nSPS) is 13.0. The summed E-state index contributed by atoms with van der Waals surface area (Å²) in [6, 6.07) is 10.7. The third-order valence-corrected chi connectivity index (χ3v) is 6.29. The van der Waals surface area contributed by atoms with Crippen LogP contribution >= 0.6 is 34.8 Å². The van der Waals surface area contributed by atoms with Crippen LogP contribution in [0.1, 0.15) is 10.9 Å². The number of halogens is 3. The van der Waals surface area contributed by atoms with Crippen molar-refractivity contribution < 1.29 is 8.42 Å². The second-order valence-corrected chi connectivity index (χ2v) is 8.32. The summed E-state index contributed by atoms with van der Waals surface area (Å²) >= 11 is 18.0. The first kappa shape index (κ1) is 17.3. The maximum atomic E-state index is 13.2. The summed E-state index contributed by atoms with van der Waals surface area (Å²) in [5, 5.41) is 0.0827. The fraction of sp³-hybridized carbons (Fsp3) is 0.0625. The molecule has 0 bridgehead atoms. The molecule has 1 aromatic heterocycles. The standard InChI is InChI=1S/C16H11Cl3N2O2S/c17-11-1-4-13(5-2-11)24(22,23)16(21-8-7-20-10-21)14-6-3-12(18)9-15(14)19/h1-10,16H. The third kappa shape index (κ3) is 3.30. The van der Waals surface area contributed by atoms with Crippen LogP contribution in [0, 0.1) is 0 Å². The first-order chi connectivity index (χ1) is 11.4. The van der Waals surface area contributed by atoms with Crippen molar-refractivity contribution in [3.8, 4) is 0 Å². The summed E-state index contributed by atoms with van der Waals surface area (Å²) in [6.45, 7) is 0. The van der Waals surface area contributed by atoms with Gasteiger partial charge in [0.2, 0.25) is 9.84 Å². The summed E-state index contributed by atoms with van der Waals surface area (Å²) in [5.74, 6) is 0. The molecule has 0 aliphatic rings. The lowest BCUT2D eigenvalue weighted by Gasteiger charge is -2.21. The summed E-state index contributed by atoms with van der Waals surface area (Å²) in [4.78, 5) is 4.08. The molecule has 0 aliphatic heterocycles. The van der Waals surface area contributed by atoms with E-state index in [0.717, 1.165) is 0 Å². The Kier molecular flexibility index (Phi) is 4.88. The van der Waals surface area contributed by atoms with Gasteiger partial charge in [0.05, 0.1) is 11.2 Å². The van der Waals surface area contributed by atoms with Gasteiger partial charge in [0.15, 0.2) is 5.37 Å². The Labute approximate surface area is 154 Å². The zero-order valence-electron chi connectivity index (χ0n) is 12.1. The zero-order valence-corrected chi connectivity index (χ0v) is 15.2. The summed E-state index contributed by atoms with van der Waals surface area (Å²) in [7, 11) is -3.79.